The first-order chi connectivity index (χ1) is 14.3. The first kappa shape index (κ1) is 18.2. The van der Waals surface area contributed by atoms with Crippen molar-refractivity contribution in [2.45, 2.75) is 51.1 Å². The number of H-pyrrole nitrogens is 2. The van der Waals surface area contributed by atoms with Gasteiger partial charge in [-0.05, 0) is 30.0 Å². The van der Waals surface area contributed by atoms with Gasteiger partial charge in [0, 0.05) is 22.6 Å². The number of imidazole rings is 1. The van der Waals surface area contributed by atoms with Gasteiger partial charge in [-0.15, -0.1) is 0 Å². The summed E-state index contributed by atoms with van der Waals surface area (Å²) >= 11 is 0. The molecule has 148 valence electrons. The first-order valence-corrected chi connectivity index (χ1v) is 10.8. The standard InChI is InChI=1S/C25H28N4/c1-2-3-5-14-21-24-19(18-12-8-9-13-20(18)28-24)15-22(27-21)25-26-16-23(29-25)17-10-6-4-7-11-17/h4,6-13,16,21-22,27-28H,2-3,5,14-15H2,1H3,(H,26,29)/t21?,22-/m0/s1. The summed E-state index contributed by atoms with van der Waals surface area (Å²) in [4.78, 5) is 12.0. The third-order valence-corrected chi connectivity index (χ3v) is 6.11. The Morgan fingerprint density at radius 1 is 0.966 bits per heavy atom. The summed E-state index contributed by atoms with van der Waals surface area (Å²) < 4.78 is 0. The molecule has 0 spiro atoms. The predicted molar refractivity (Wildman–Crippen MR) is 119 cm³/mol. The molecule has 0 aliphatic carbocycles. The largest absolute Gasteiger partial charge is 0.357 e. The van der Waals surface area contributed by atoms with Crippen LogP contribution in [-0.4, -0.2) is 15.0 Å². The molecule has 0 saturated heterocycles. The molecule has 0 amide bonds. The van der Waals surface area contributed by atoms with E-state index in [0.29, 0.717) is 6.04 Å². The van der Waals surface area contributed by atoms with Crippen LogP contribution in [0, 0.1) is 0 Å². The number of benzene rings is 2. The maximum absolute atomic E-state index is 4.76. The number of hydrogen-bond acceptors (Lipinski definition) is 2. The van der Waals surface area contributed by atoms with Gasteiger partial charge in [-0.25, -0.2) is 4.98 Å². The van der Waals surface area contributed by atoms with Crippen molar-refractivity contribution in [3.8, 4) is 11.3 Å². The minimum Gasteiger partial charge on any atom is -0.357 e. The number of nitrogens with zero attached hydrogens (tertiary/aromatic N) is 1. The highest BCUT2D eigenvalue weighted by Crippen LogP contribution is 2.38. The number of unbranched alkanes of at least 4 members (excludes halogenated alkanes) is 2. The van der Waals surface area contributed by atoms with Crippen molar-refractivity contribution >= 4 is 10.9 Å². The molecule has 0 radical (unpaired) electrons. The minimum atomic E-state index is 0.200. The van der Waals surface area contributed by atoms with E-state index >= 15 is 0 Å². The molecule has 2 aromatic heterocycles. The lowest BCUT2D eigenvalue weighted by atomic mass is 9.91. The van der Waals surface area contributed by atoms with Gasteiger partial charge in [0.25, 0.3) is 0 Å². The van der Waals surface area contributed by atoms with Crippen molar-refractivity contribution in [2.24, 2.45) is 0 Å². The minimum absolute atomic E-state index is 0.200. The number of aromatic nitrogens is 3. The van der Waals surface area contributed by atoms with Crippen LogP contribution >= 0.6 is 0 Å². The fourth-order valence-electron chi connectivity index (χ4n) is 4.61. The van der Waals surface area contributed by atoms with E-state index in [1.165, 1.54) is 47.0 Å². The summed E-state index contributed by atoms with van der Waals surface area (Å²) in [5.41, 5.74) is 6.31. The molecule has 4 heteroatoms. The zero-order chi connectivity index (χ0) is 19.6. The Balaban J connectivity index is 1.48. The lowest BCUT2D eigenvalue weighted by molar-refractivity contribution is 0.369. The summed E-state index contributed by atoms with van der Waals surface area (Å²) in [5.74, 6) is 1.03. The molecule has 3 heterocycles. The summed E-state index contributed by atoms with van der Waals surface area (Å²) in [6.45, 7) is 2.26. The Hall–Kier alpha value is -2.85. The van der Waals surface area contributed by atoms with Gasteiger partial charge in [-0.2, -0.15) is 0 Å². The summed E-state index contributed by atoms with van der Waals surface area (Å²) in [6.07, 6.45) is 7.82. The number of fused-ring (bicyclic) bond motifs is 3. The van der Waals surface area contributed by atoms with Gasteiger partial charge < -0.3 is 9.97 Å². The van der Waals surface area contributed by atoms with E-state index in [1.54, 1.807) is 0 Å². The van der Waals surface area contributed by atoms with Crippen LogP contribution in [0.25, 0.3) is 22.2 Å². The van der Waals surface area contributed by atoms with Crippen molar-refractivity contribution in [1.82, 2.24) is 20.3 Å². The van der Waals surface area contributed by atoms with Gasteiger partial charge >= 0.3 is 0 Å². The second-order valence-electron chi connectivity index (χ2n) is 8.08. The quantitative estimate of drug-likeness (QED) is 0.354. The topological polar surface area (TPSA) is 56.5 Å². The third kappa shape index (κ3) is 3.49. The molecule has 1 aliphatic rings. The zero-order valence-electron chi connectivity index (χ0n) is 16.9. The molecular formula is C25H28N4. The van der Waals surface area contributed by atoms with E-state index in [9.17, 15) is 0 Å². The summed E-state index contributed by atoms with van der Waals surface area (Å²) in [6, 6.07) is 19.6. The van der Waals surface area contributed by atoms with E-state index in [0.717, 1.165) is 24.4 Å². The molecule has 2 aromatic carbocycles. The van der Waals surface area contributed by atoms with E-state index in [-0.39, 0.29) is 6.04 Å². The molecule has 5 rings (SSSR count). The van der Waals surface area contributed by atoms with Crippen molar-refractivity contribution in [1.29, 1.82) is 0 Å². The van der Waals surface area contributed by atoms with E-state index in [4.69, 9.17) is 4.98 Å². The highest BCUT2D eigenvalue weighted by atomic mass is 15.1. The Morgan fingerprint density at radius 2 is 1.79 bits per heavy atom. The SMILES string of the molecule is CCCCCC1N[C@H](c2ncc(-c3ccccc3)[nH]2)Cc2c1[nH]c1ccccc21. The molecule has 0 bridgehead atoms. The van der Waals surface area contributed by atoms with Crippen LogP contribution in [0.3, 0.4) is 0 Å². The lowest BCUT2D eigenvalue weighted by Gasteiger charge is -2.30. The molecule has 2 atom stereocenters. The fourth-order valence-corrected chi connectivity index (χ4v) is 4.61. The van der Waals surface area contributed by atoms with Gasteiger partial charge in [0.05, 0.1) is 17.9 Å². The van der Waals surface area contributed by atoms with E-state index in [1.807, 2.05) is 12.3 Å². The fraction of sp³-hybridized carbons (Fsp3) is 0.320. The average Bonchev–Trinajstić information content (AvgIpc) is 3.40. The van der Waals surface area contributed by atoms with Gasteiger partial charge in [0.15, 0.2) is 0 Å². The lowest BCUT2D eigenvalue weighted by Crippen LogP contribution is -2.34. The number of aromatic amines is 2. The van der Waals surface area contributed by atoms with Crippen LogP contribution in [0.4, 0.5) is 0 Å². The van der Waals surface area contributed by atoms with Gasteiger partial charge in [0.1, 0.15) is 5.82 Å². The maximum Gasteiger partial charge on any atom is 0.124 e. The highest BCUT2D eigenvalue weighted by Gasteiger charge is 2.31. The molecule has 1 unspecified atom stereocenters. The van der Waals surface area contributed by atoms with Gasteiger partial charge in [-0.3, -0.25) is 5.32 Å². The highest BCUT2D eigenvalue weighted by molar-refractivity contribution is 5.85. The summed E-state index contributed by atoms with van der Waals surface area (Å²) in [7, 11) is 0. The van der Waals surface area contributed by atoms with Gasteiger partial charge in [0.2, 0.25) is 0 Å². The zero-order valence-corrected chi connectivity index (χ0v) is 16.9. The van der Waals surface area contributed by atoms with Crippen molar-refractivity contribution in [3.05, 3.63) is 77.9 Å². The second kappa shape index (κ2) is 7.88. The Morgan fingerprint density at radius 3 is 2.66 bits per heavy atom. The number of rotatable bonds is 6. The molecule has 4 aromatic rings. The van der Waals surface area contributed by atoms with Crippen molar-refractivity contribution < 1.29 is 0 Å². The molecular weight excluding hydrogens is 356 g/mol. The Kier molecular flexibility index (Phi) is 4.94. The molecule has 1 aliphatic heterocycles. The molecule has 4 nitrogen and oxygen atoms in total. The molecule has 3 N–H and O–H groups in total. The monoisotopic (exact) mass is 384 g/mol. The van der Waals surface area contributed by atoms with E-state index in [2.05, 4.69) is 70.7 Å². The smallest absolute Gasteiger partial charge is 0.124 e. The third-order valence-electron chi connectivity index (χ3n) is 6.11. The summed E-state index contributed by atoms with van der Waals surface area (Å²) in [5, 5.41) is 5.24. The Labute approximate surface area is 171 Å². The van der Waals surface area contributed by atoms with E-state index < -0.39 is 0 Å². The van der Waals surface area contributed by atoms with Gasteiger partial charge in [-0.1, -0.05) is 74.7 Å². The number of para-hydroxylation sites is 1. The number of hydrogen-bond donors (Lipinski definition) is 3. The molecule has 29 heavy (non-hydrogen) atoms. The second-order valence-corrected chi connectivity index (χ2v) is 8.08. The van der Waals surface area contributed by atoms with Crippen molar-refractivity contribution in [3.63, 3.8) is 0 Å². The number of nitrogens with one attached hydrogen (secondary N) is 3. The normalized spacial score (nSPS) is 18.8. The molecule has 0 saturated carbocycles. The van der Waals surface area contributed by atoms with Crippen LogP contribution < -0.4 is 5.32 Å². The molecule has 0 fully saturated rings. The first-order valence-electron chi connectivity index (χ1n) is 10.8. The maximum atomic E-state index is 4.76. The van der Waals surface area contributed by atoms with Crippen LogP contribution in [0.1, 0.15) is 61.8 Å². The van der Waals surface area contributed by atoms with Crippen LogP contribution in [-0.2, 0) is 6.42 Å². The predicted octanol–water partition coefficient (Wildman–Crippen LogP) is 6.07. The average molecular weight is 385 g/mol. The van der Waals surface area contributed by atoms with Crippen LogP contribution in [0.15, 0.2) is 60.8 Å². The van der Waals surface area contributed by atoms with Crippen LogP contribution in [0.2, 0.25) is 0 Å². The Bertz CT molecular complexity index is 1090. The van der Waals surface area contributed by atoms with Crippen molar-refractivity contribution in [2.75, 3.05) is 0 Å². The van der Waals surface area contributed by atoms with Crippen LogP contribution in [0.5, 0.6) is 0 Å².